The Hall–Kier alpha value is -4.71. The molecule has 1 N–H and O–H groups in total. The first kappa shape index (κ1) is 32.7. The number of benzene rings is 3. The van der Waals surface area contributed by atoms with Gasteiger partial charge in [-0.25, -0.2) is 14.5 Å². The van der Waals surface area contributed by atoms with E-state index in [1.54, 1.807) is 0 Å². The molecule has 5 aromatic rings. The summed E-state index contributed by atoms with van der Waals surface area (Å²) in [4.78, 5) is 22.1. The van der Waals surface area contributed by atoms with Crippen molar-refractivity contribution in [1.29, 1.82) is 0 Å². The molecule has 0 bridgehead atoms. The van der Waals surface area contributed by atoms with Gasteiger partial charge >= 0.3 is 12.4 Å². The molecule has 0 radical (unpaired) electrons. The van der Waals surface area contributed by atoms with E-state index in [0.717, 1.165) is 47.3 Å². The van der Waals surface area contributed by atoms with Crippen molar-refractivity contribution < 1.29 is 22.7 Å². The number of carbonyl (C=O) groups is 1. The van der Waals surface area contributed by atoms with Crippen molar-refractivity contribution in [2.24, 2.45) is 4.99 Å². The van der Waals surface area contributed by atoms with Crippen LogP contribution in [0.3, 0.4) is 0 Å². The predicted molar refractivity (Wildman–Crippen MR) is 173 cm³/mol. The third kappa shape index (κ3) is 8.30. The van der Waals surface area contributed by atoms with Crippen LogP contribution >= 0.6 is 11.3 Å². The lowest BCUT2D eigenvalue weighted by molar-refractivity contribution is -0.274. The maximum absolute atomic E-state index is 12.7. The Morgan fingerprint density at radius 1 is 1.02 bits per heavy atom. The molecule has 0 aliphatic rings. The zero-order chi connectivity index (χ0) is 32.8. The number of hydrogen-bond donors (Lipinski definition) is 1. The van der Waals surface area contributed by atoms with E-state index in [-0.39, 0.29) is 11.8 Å². The lowest BCUT2D eigenvalue weighted by Crippen LogP contribution is -2.25. The van der Waals surface area contributed by atoms with Gasteiger partial charge in [0.25, 0.3) is 0 Å². The summed E-state index contributed by atoms with van der Waals surface area (Å²) >= 11 is 1.45. The molecule has 0 saturated heterocycles. The number of carbonyl (C=O) groups excluding carboxylic acids is 1. The van der Waals surface area contributed by atoms with Gasteiger partial charge in [0, 0.05) is 23.2 Å². The highest BCUT2D eigenvalue weighted by Gasteiger charge is 2.31. The summed E-state index contributed by atoms with van der Waals surface area (Å²) in [5.41, 5.74) is 6.98. The van der Waals surface area contributed by atoms with E-state index < -0.39 is 6.36 Å². The molecule has 3 aromatic carbocycles. The number of halogens is 3. The van der Waals surface area contributed by atoms with Gasteiger partial charge in [-0.15, -0.1) is 29.6 Å². The Labute approximate surface area is 269 Å². The largest absolute Gasteiger partial charge is 0.573 e. The first-order valence-corrected chi connectivity index (χ1v) is 15.8. The van der Waals surface area contributed by atoms with Crippen LogP contribution in [0.4, 0.5) is 18.0 Å². The zero-order valence-electron chi connectivity index (χ0n) is 26.0. The second-order valence-electron chi connectivity index (χ2n) is 11.3. The summed E-state index contributed by atoms with van der Waals surface area (Å²) < 4.78 is 44.7. The van der Waals surface area contributed by atoms with Crippen molar-refractivity contribution in [1.82, 2.24) is 24.6 Å². The molecule has 46 heavy (non-hydrogen) atoms. The van der Waals surface area contributed by atoms with Crippen molar-refractivity contribution in [3.05, 3.63) is 106 Å². The molecule has 0 aliphatic carbocycles. The van der Waals surface area contributed by atoms with Crippen LogP contribution in [0.5, 0.6) is 5.75 Å². The molecule has 0 spiro atoms. The Kier molecular flexibility index (Phi) is 10.1. The predicted octanol–water partition coefficient (Wildman–Crippen LogP) is 8.06. The van der Waals surface area contributed by atoms with E-state index in [1.807, 2.05) is 36.6 Å². The second-order valence-corrected chi connectivity index (χ2v) is 12.1. The molecule has 2 heterocycles. The minimum Gasteiger partial charge on any atom is -0.406 e. The fourth-order valence-electron chi connectivity index (χ4n) is 5.02. The third-order valence-electron chi connectivity index (χ3n) is 7.33. The van der Waals surface area contributed by atoms with Crippen molar-refractivity contribution in [3.8, 4) is 28.5 Å². The van der Waals surface area contributed by atoms with Gasteiger partial charge in [-0.1, -0.05) is 50.2 Å². The number of amides is 2. The topological polar surface area (TPSA) is 86.3 Å². The first-order valence-electron chi connectivity index (χ1n) is 14.9. The van der Waals surface area contributed by atoms with Crippen LogP contribution in [0, 0.1) is 13.8 Å². The van der Waals surface area contributed by atoms with Gasteiger partial charge in [0.15, 0.2) is 10.6 Å². The first-order chi connectivity index (χ1) is 22.0. The van der Waals surface area contributed by atoms with Crippen LogP contribution in [-0.4, -0.2) is 38.3 Å². The number of nitrogens with zero attached hydrogens (tertiary/aromatic N) is 5. The molecule has 0 saturated carbocycles. The number of aryl methyl sites for hydroxylation is 3. The molecule has 2 amide bonds. The van der Waals surface area contributed by atoms with E-state index >= 15 is 0 Å². The Morgan fingerprint density at radius 3 is 2.46 bits per heavy atom. The van der Waals surface area contributed by atoms with Gasteiger partial charge in [0.1, 0.15) is 12.1 Å². The Bertz CT molecular complexity index is 1860. The van der Waals surface area contributed by atoms with Crippen LogP contribution in [0.2, 0.25) is 0 Å². The number of unbranched alkanes of at least 4 members (excludes halogenated alkanes) is 1. The second kappa shape index (κ2) is 14.2. The fraction of sp³-hybridized carbons (Fsp3) is 0.294. The summed E-state index contributed by atoms with van der Waals surface area (Å²) in [6.07, 6.45) is -0.695. The number of hydrogen-bond acceptors (Lipinski definition) is 5. The highest BCUT2D eigenvalue weighted by Crippen LogP contribution is 2.26. The third-order valence-corrected chi connectivity index (χ3v) is 8.28. The normalized spacial score (nSPS) is 12.1. The molecule has 0 atom stereocenters. The van der Waals surface area contributed by atoms with Gasteiger partial charge in [-0.2, -0.15) is 4.99 Å². The van der Waals surface area contributed by atoms with E-state index in [2.05, 4.69) is 68.7 Å². The van der Waals surface area contributed by atoms with Crippen LogP contribution in [0.1, 0.15) is 55.0 Å². The molecule has 0 unspecified atom stereocenters. The van der Waals surface area contributed by atoms with Crippen molar-refractivity contribution in [2.45, 2.75) is 59.2 Å². The van der Waals surface area contributed by atoms with Crippen molar-refractivity contribution >= 4 is 17.4 Å². The van der Waals surface area contributed by atoms with Crippen molar-refractivity contribution in [3.63, 3.8) is 0 Å². The Morgan fingerprint density at radius 2 is 1.76 bits per heavy atom. The number of nitrogens with one attached hydrogen (secondary N) is 1. The maximum Gasteiger partial charge on any atom is 0.573 e. The molecular weight excluding hydrogens is 613 g/mol. The van der Waals surface area contributed by atoms with Crippen LogP contribution in [0.25, 0.3) is 22.8 Å². The molecule has 2 aromatic heterocycles. The van der Waals surface area contributed by atoms with Gasteiger partial charge in [-0.3, -0.25) is 4.57 Å². The summed E-state index contributed by atoms with van der Waals surface area (Å²) in [6, 6.07) is 19.4. The van der Waals surface area contributed by atoms with Crippen LogP contribution in [-0.2, 0) is 6.42 Å². The minimum absolute atomic E-state index is 0.301. The number of ether oxygens (including phenoxy) is 1. The van der Waals surface area contributed by atoms with E-state index in [1.165, 1.54) is 52.2 Å². The fourth-order valence-corrected chi connectivity index (χ4v) is 5.88. The smallest absolute Gasteiger partial charge is 0.406 e. The van der Waals surface area contributed by atoms with Crippen LogP contribution < -0.4 is 14.9 Å². The Balaban J connectivity index is 1.12. The van der Waals surface area contributed by atoms with Gasteiger partial charge in [0.2, 0.25) is 0 Å². The highest BCUT2D eigenvalue weighted by atomic mass is 32.1. The SMILES string of the molecule is Cc1ccc(C(C)C)c(-n2c(C)cs/c2=N\C(=O)NCCCCc2ccc(-c3ncn(-c4ccc(OC(F)(F)F)cc4)n3)cc2)c1. The number of urea groups is 1. The summed E-state index contributed by atoms with van der Waals surface area (Å²) in [5, 5.41) is 9.39. The van der Waals surface area contributed by atoms with E-state index in [0.29, 0.717) is 28.8 Å². The molecule has 0 fully saturated rings. The minimum atomic E-state index is -4.74. The summed E-state index contributed by atoms with van der Waals surface area (Å²) in [7, 11) is 0. The molecule has 12 heteroatoms. The average Bonchev–Trinajstić information content (AvgIpc) is 3.64. The zero-order valence-corrected chi connectivity index (χ0v) is 26.8. The number of thiazole rings is 1. The standard InChI is InChI=1S/C34H35F3N6O2S/c1-22(2)29-17-8-23(3)19-30(29)43-24(4)20-46-33(43)40-32(44)38-18-6-5-7-25-9-11-26(12-10-25)31-39-21-42(41-31)27-13-15-28(16-14-27)45-34(35,36)37/h8-17,19-22H,5-7,18H2,1-4H3,(H,38,44)/b40-33-. The van der Waals surface area contributed by atoms with E-state index in [4.69, 9.17) is 0 Å². The number of aromatic nitrogens is 4. The molecular formula is C34H35F3N6O2S. The van der Waals surface area contributed by atoms with Crippen molar-refractivity contribution in [2.75, 3.05) is 6.54 Å². The van der Waals surface area contributed by atoms with Gasteiger partial charge in [-0.05, 0) is 86.1 Å². The number of rotatable bonds is 10. The summed E-state index contributed by atoms with van der Waals surface area (Å²) in [6.45, 7) is 8.94. The quantitative estimate of drug-likeness (QED) is 0.155. The maximum atomic E-state index is 12.7. The monoisotopic (exact) mass is 648 g/mol. The molecule has 5 rings (SSSR count). The lowest BCUT2D eigenvalue weighted by atomic mass is 9.99. The van der Waals surface area contributed by atoms with E-state index in [9.17, 15) is 18.0 Å². The number of alkyl halides is 3. The lowest BCUT2D eigenvalue weighted by Gasteiger charge is -2.16. The molecule has 240 valence electrons. The molecule has 0 aliphatic heterocycles. The molecule has 8 nitrogen and oxygen atoms in total. The van der Waals surface area contributed by atoms with Crippen LogP contribution in [0.15, 0.2) is 83.4 Å². The van der Waals surface area contributed by atoms with Gasteiger partial charge < -0.3 is 10.1 Å². The summed E-state index contributed by atoms with van der Waals surface area (Å²) in [5.74, 6) is 0.531. The highest BCUT2D eigenvalue weighted by molar-refractivity contribution is 7.07. The van der Waals surface area contributed by atoms with Gasteiger partial charge in [0.05, 0.1) is 11.4 Å². The average molecular weight is 649 g/mol.